The van der Waals surface area contributed by atoms with Crippen LogP contribution in [0.25, 0.3) is 0 Å². The maximum Gasteiger partial charge on any atom is 0.126 e. The van der Waals surface area contributed by atoms with Crippen molar-refractivity contribution < 1.29 is 9.13 Å². The van der Waals surface area contributed by atoms with Crippen molar-refractivity contribution in [3.8, 4) is 5.75 Å². The number of ether oxygens (including phenoxy) is 1. The van der Waals surface area contributed by atoms with Crippen LogP contribution in [0.4, 0.5) is 4.39 Å². The fourth-order valence-electron chi connectivity index (χ4n) is 1.46. The lowest BCUT2D eigenvalue weighted by molar-refractivity contribution is 0.269. The molecule has 1 N–H and O–H groups in total. The summed E-state index contributed by atoms with van der Waals surface area (Å²) in [5, 5.41) is 3.23. The van der Waals surface area contributed by atoms with Gasteiger partial charge in [0.05, 0.1) is 0 Å². The average Bonchev–Trinajstić information content (AvgIpc) is 2.25. The van der Waals surface area contributed by atoms with Gasteiger partial charge in [-0.2, -0.15) is 0 Å². The summed E-state index contributed by atoms with van der Waals surface area (Å²) in [5.41, 5.74) is 2.14. The van der Waals surface area contributed by atoms with Crippen LogP contribution in [0.15, 0.2) is 18.2 Å². The second kappa shape index (κ2) is 6.40. The Kier molecular flexibility index (Phi) is 5.12. The van der Waals surface area contributed by atoms with E-state index in [9.17, 15) is 4.39 Å². The standard InChI is InChI=1S/C12H18FNO/c1-3-14-9-11-6-4-5-10(2)12(11)15-8-7-13/h4-6,14H,3,7-9H2,1-2H3. The second-order valence-corrected chi connectivity index (χ2v) is 3.38. The smallest absolute Gasteiger partial charge is 0.126 e. The van der Waals surface area contributed by atoms with E-state index >= 15 is 0 Å². The van der Waals surface area contributed by atoms with Gasteiger partial charge in [0, 0.05) is 12.1 Å². The van der Waals surface area contributed by atoms with Crippen LogP contribution in [0.3, 0.4) is 0 Å². The van der Waals surface area contributed by atoms with Gasteiger partial charge in [-0.05, 0) is 19.0 Å². The summed E-state index contributed by atoms with van der Waals surface area (Å²) in [6.45, 7) is 5.39. The molecule has 0 heterocycles. The maximum atomic E-state index is 12.1. The molecule has 1 aromatic carbocycles. The lowest BCUT2D eigenvalue weighted by Crippen LogP contribution is -2.13. The fraction of sp³-hybridized carbons (Fsp3) is 0.500. The minimum Gasteiger partial charge on any atom is -0.490 e. The molecule has 1 aromatic rings. The topological polar surface area (TPSA) is 21.3 Å². The molecule has 2 nitrogen and oxygen atoms in total. The van der Waals surface area contributed by atoms with Crippen molar-refractivity contribution in [3.63, 3.8) is 0 Å². The van der Waals surface area contributed by atoms with E-state index in [4.69, 9.17) is 4.74 Å². The molecule has 0 spiro atoms. The Bertz CT molecular complexity index is 302. The molecule has 0 aliphatic carbocycles. The Hall–Kier alpha value is -1.09. The highest BCUT2D eigenvalue weighted by molar-refractivity contribution is 5.40. The van der Waals surface area contributed by atoms with Gasteiger partial charge >= 0.3 is 0 Å². The zero-order valence-electron chi connectivity index (χ0n) is 9.35. The summed E-state index contributed by atoms with van der Waals surface area (Å²) in [7, 11) is 0. The Morgan fingerprint density at radius 3 is 2.87 bits per heavy atom. The molecule has 0 atom stereocenters. The van der Waals surface area contributed by atoms with Crippen molar-refractivity contribution in [2.24, 2.45) is 0 Å². The number of hydrogen-bond donors (Lipinski definition) is 1. The first kappa shape index (κ1) is 12.0. The predicted molar refractivity (Wildman–Crippen MR) is 60.0 cm³/mol. The van der Waals surface area contributed by atoms with E-state index in [2.05, 4.69) is 12.2 Å². The van der Waals surface area contributed by atoms with Crippen LogP contribution in [0.2, 0.25) is 0 Å². The Morgan fingerprint density at radius 2 is 2.20 bits per heavy atom. The van der Waals surface area contributed by atoms with Gasteiger partial charge < -0.3 is 10.1 Å². The number of halogens is 1. The van der Waals surface area contributed by atoms with Gasteiger partial charge in [-0.15, -0.1) is 0 Å². The Balaban J connectivity index is 2.77. The third kappa shape index (κ3) is 3.51. The van der Waals surface area contributed by atoms with Gasteiger partial charge in [-0.25, -0.2) is 4.39 Å². The monoisotopic (exact) mass is 211 g/mol. The molecule has 0 aromatic heterocycles. The predicted octanol–water partition coefficient (Wildman–Crippen LogP) is 2.45. The van der Waals surface area contributed by atoms with Crippen molar-refractivity contribution >= 4 is 0 Å². The highest BCUT2D eigenvalue weighted by atomic mass is 19.1. The molecule has 0 aliphatic heterocycles. The zero-order valence-corrected chi connectivity index (χ0v) is 9.35. The normalized spacial score (nSPS) is 10.3. The van der Waals surface area contributed by atoms with Crippen LogP contribution in [0.5, 0.6) is 5.75 Å². The molecule has 0 radical (unpaired) electrons. The van der Waals surface area contributed by atoms with Crippen molar-refractivity contribution in [3.05, 3.63) is 29.3 Å². The SMILES string of the molecule is CCNCc1cccc(C)c1OCCF. The van der Waals surface area contributed by atoms with Crippen LogP contribution < -0.4 is 10.1 Å². The van der Waals surface area contributed by atoms with Crippen molar-refractivity contribution in [1.29, 1.82) is 0 Å². The quantitative estimate of drug-likeness (QED) is 0.780. The van der Waals surface area contributed by atoms with E-state index in [0.717, 1.165) is 30.0 Å². The molecule has 15 heavy (non-hydrogen) atoms. The first-order valence-electron chi connectivity index (χ1n) is 5.27. The van der Waals surface area contributed by atoms with E-state index < -0.39 is 6.67 Å². The number of rotatable bonds is 6. The van der Waals surface area contributed by atoms with Crippen LogP contribution >= 0.6 is 0 Å². The minimum absolute atomic E-state index is 0.129. The number of aryl methyl sites for hydroxylation is 1. The molecule has 0 saturated carbocycles. The van der Waals surface area contributed by atoms with E-state index in [1.54, 1.807) is 0 Å². The molecule has 0 fully saturated rings. The van der Waals surface area contributed by atoms with Gasteiger partial charge in [-0.3, -0.25) is 0 Å². The number of benzene rings is 1. The van der Waals surface area contributed by atoms with E-state index in [1.165, 1.54) is 0 Å². The number of alkyl halides is 1. The van der Waals surface area contributed by atoms with Crippen molar-refractivity contribution in [2.75, 3.05) is 19.8 Å². The third-order valence-electron chi connectivity index (χ3n) is 2.18. The van der Waals surface area contributed by atoms with Crippen LogP contribution in [0.1, 0.15) is 18.1 Å². The number of nitrogens with one attached hydrogen (secondary N) is 1. The maximum absolute atomic E-state index is 12.1. The van der Waals surface area contributed by atoms with Crippen molar-refractivity contribution in [1.82, 2.24) is 5.32 Å². The van der Waals surface area contributed by atoms with Gasteiger partial charge in [0.2, 0.25) is 0 Å². The highest BCUT2D eigenvalue weighted by Gasteiger charge is 2.05. The molecule has 0 aliphatic rings. The summed E-state index contributed by atoms with van der Waals surface area (Å²) >= 11 is 0. The zero-order chi connectivity index (χ0) is 11.1. The Labute approximate surface area is 90.4 Å². The molecule has 0 unspecified atom stereocenters. The summed E-state index contributed by atoms with van der Waals surface area (Å²) in [6.07, 6.45) is 0. The summed E-state index contributed by atoms with van der Waals surface area (Å²) in [6, 6.07) is 5.97. The summed E-state index contributed by atoms with van der Waals surface area (Å²) < 4.78 is 17.5. The van der Waals surface area contributed by atoms with Gasteiger partial charge in [0.1, 0.15) is 19.0 Å². The summed E-state index contributed by atoms with van der Waals surface area (Å²) in [5.74, 6) is 0.816. The van der Waals surface area contributed by atoms with Gasteiger partial charge in [0.25, 0.3) is 0 Å². The molecule has 0 amide bonds. The number of para-hydroxylation sites is 1. The largest absolute Gasteiger partial charge is 0.490 e. The molecule has 84 valence electrons. The fourth-order valence-corrected chi connectivity index (χ4v) is 1.46. The minimum atomic E-state index is -0.449. The van der Waals surface area contributed by atoms with Gasteiger partial charge in [-0.1, -0.05) is 25.1 Å². The molecular weight excluding hydrogens is 193 g/mol. The van der Waals surface area contributed by atoms with Crippen molar-refractivity contribution in [2.45, 2.75) is 20.4 Å². The highest BCUT2D eigenvalue weighted by Crippen LogP contribution is 2.23. The first-order chi connectivity index (χ1) is 7.29. The van der Waals surface area contributed by atoms with Crippen LogP contribution in [-0.4, -0.2) is 19.8 Å². The second-order valence-electron chi connectivity index (χ2n) is 3.38. The van der Waals surface area contributed by atoms with E-state index in [-0.39, 0.29) is 6.61 Å². The molecular formula is C12H18FNO. The summed E-state index contributed by atoms with van der Waals surface area (Å²) in [4.78, 5) is 0. The van der Waals surface area contributed by atoms with Crippen LogP contribution in [-0.2, 0) is 6.54 Å². The lowest BCUT2D eigenvalue weighted by atomic mass is 10.1. The average molecular weight is 211 g/mol. The first-order valence-corrected chi connectivity index (χ1v) is 5.27. The molecule has 1 rings (SSSR count). The van der Waals surface area contributed by atoms with E-state index in [0.29, 0.717) is 0 Å². The van der Waals surface area contributed by atoms with E-state index in [1.807, 2.05) is 25.1 Å². The molecule has 3 heteroatoms. The van der Waals surface area contributed by atoms with Crippen LogP contribution in [0, 0.1) is 6.92 Å². The lowest BCUT2D eigenvalue weighted by Gasteiger charge is -2.13. The molecule has 0 saturated heterocycles. The molecule has 0 bridgehead atoms. The third-order valence-corrected chi connectivity index (χ3v) is 2.18. The Morgan fingerprint density at radius 1 is 1.40 bits per heavy atom. The number of hydrogen-bond acceptors (Lipinski definition) is 2. The van der Waals surface area contributed by atoms with Gasteiger partial charge in [0.15, 0.2) is 0 Å².